The van der Waals surface area contributed by atoms with Crippen LogP contribution in [0.2, 0.25) is 0 Å². The molecule has 1 amide bonds. The number of aromatic nitrogens is 1. The number of H-pyrrole nitrogens is 1. The van der Waals surface area contributed by atoms with Gasteiger partial charge in [0, 0.05) is 18.5 Å². The van der Waals surface area contributed by atoms with Crippen LogP contribution in [0.4, 0.5) is 13.2 Å². The Morgan fingerprint density at radius 2 is 1.83 bits per heavy atom. The fourth-order valence-electron chi connectivity index (χ4n) is 4.30. The molecule has 3 aromatic rings. The van der Waals surface area contributed by atoms with Crippen LogP contribution >= 0.6 is 0 Å². The maximum Gasteiger partial charge on any atom is 0.236 e. The summed E-state index contributed by atoms with van der Waals surface area (Å²) in [5.74, 6) is -1.19. The summed E-state index contributed by atoms with van der Waals surface area (Å²) in [6.07, 6.45) is 1.68. The van der Waals surface area contributed by atoms with E-state index in [1.807, 2.05) is 6.92 Å². The number of hydrogen-bond acceptors (Lipinski definition) is 2. The first-order chi connectivity index (χ1) is 14.4. The number of nitrogens with one attached hydrogen (secondary N) is 3. The molecule has 1 saturated carbocycles. The zero-order valence-corrected chi connectivity index (χ0v) is 16.9. The summed E-state index contributed by atoms with van der Waals surface area (Å²) >= 11 is 0. The molecule has 0 spiro atoms. The van der Waals surface area contributed by atoms with E-state index >= 15 is 0 Å². The molecular weight excluding hydrogens is 391 g/mol. The van der Waals surface area contributed by atoms with Crippen LogP contribution in [0.25, 0.3) is 22.2 Å². The predicted molar refractivity (Wildman–Crippen MR) is 111 cm³/mol. The minimum Gasteiger partial charge on any atom is -0.358 e. The minimum absolute atomic E-state index is 0.0629. The van der Waals surface area contributed by atoms with Crippen molar-refractivity contribution in [3.8, 4) is 11.3 Å². The predicted octanol–water partition coefficient (Wildman–Crippen LogP) is 4.47. The van der Waals surface area contributed by atoms with Crippen molar-refractivity contribution in [2.24, 2.45) is 5.92 Å². The number of halogens is 3. The van der Waals surface area contributed by atoms with E-state index in [1.54, 1.807) is 19.2 Å². The molecule has 4 rings (SSSR count). The molecule has 1 heterocycles. The van der Waals surface area contributed by atoms with E-state index < -0.39 is 11.6 Å². The first-order valence-corrected chi connectivity index (χ1v) is 10.1. The number of likely N-dealkylation sites (N-methyl/N-ethyl adjacent to an activating group) is 1. The van der Waals surface area contributed by atoms with Crippen LogP contribution in [0.5, 0.6) is 0 Å². The molecule has 0 bridgehead atoms. The van der Waals surface area contributed by atoms with Gasteiger partial charge in [0.05, 0.1) is 17.3 Å². The van der Waals surface area contributed by atoms with Gasteiger partial charge >= 0.3 is 0 Å². The molecule has 0 saturated heterocycles. The summed E-state index contributed by atoms with van der Waals surface area (Å²) in [6.45, 7) is 2.51. The largest absolute Gasteiger partial charge is 0.358 e. The molecular formula is C23H24F3N3O. The second-order valence-electron chi connectivity index (χ2n) is 8.01. The number of fused-ring (bicyclic) bond motifs is 1. The molecule has 0 aliphatic heterocycles. The van der Waals surface area contributed by atoms with Crippen LogP contribution in [0.15, 0.2) is 36.4 Å². The van der Waals surface area contributed by atoms with Gasteiger partial charge in [0.2, 0.25) is 5.91 Å². The Kier molecular flexibility index (Phi) is 5.56. The van der Waals surface area contributed by atoms with Crippen molar-refractivity contribution in [2.75, 3.05) is 13.6 Å². The third-order valence-corrected chi connectivity index (χ3v) is 5.99. The van der Waals surface area contributed by atoms with Crippen molar-refractivity contribution in [3.63, 3.8) is 0 Å². The smallest absolute Gasteiger partial charge is 0.236 e. The van der Waals surface area contributed by atoms with E-state index in [0.717, 1.165) is 30.0 Å². The molecule has 1 fully saturated rings. The van der Waals surface area contributed by atoms with Gasteiger partial charge in [0.15, 0.2) is 0 Å². The Labute approximate surface area is 172 Å². The van der Waals surface area contributed by atoms with Crippen LogP contribution in [-0.2, 0) is 4.79 Å². The maximum atomic E-state index is 14.4. The standard InChI is InChI=1S/C23H24F3N3O/c1-12(23(30)27-2)28-11-13-7-15(8-13)20-18-9-17(25)10-19(26)22(18)29-21(20)14-3-5-16(24)6-4-14/h3-6,9-10,12-13,15,28-29H,7-8,11H2,1-2H3,(H,27,30). The van der Waals surface area contributed by atoms with E-state index in [0.29, 0.717) is 23.5 Å². The fraction of sp³-hybridized carbons (Fsp3) is 0.348. The molecule has 4 nitrogen and oxygen atoms in total. The number of carbonyl (C=O) groups is 1. The number of aromatic amines is 1. The van der Waals surface area contributed by atoms with E-state index in [4.69, 9.17) is 0 Å². The monoisotopic (exact) mass is 415 g/mol. The molecule has 1 atom stereocenters. The zero-order chi connectivity index (χ0) is 21.4. The quantitative estimate of drug-likeness (QED) is 0.556. The molecule has 1 unspecified atom stereocenters. The lowest BCUT2D eigenvalue weighted by Gasteiger charge is -2.37. The zero-order valence-electron chi connectivity index (χ0n) is 16.9. The van der Waals surface area contributed by atoms with Gasteiger partial charge < -0.3 is 15.6 Å². The number of rotatable bonds is 6. The lowest BCUT2D eigenvalue weighted by Crippen LogP contribution is -2.44. The summed E-state index contributed by atoms with van der Waals surface area (Å²) in [4.78, 5) is 14.7. The average Bonchev–Trinajstić information content (AvgIpc) is 3.06. The molecule has 3 N–H and O–H groups in total. The molecule has 1 aliphatic carbocycles. The highest BCUT2D eigenvalue weighted by molar-refractivity contribution is 5.92. The van der Waals surface area contributed by atoms with Crippen LogP contribution in [0.1, 0.15) is 31.2 Å². The highest BCUT2D eigenvalue weighted by Gasteiger charge is 2.34. The van der Waals surface area contributed by atoms with Crippen LogP contribution in [0, 0.1) is 23.4 Å². The van der Waals surface area contributed by atoms with E-state index in [2.05, 4.69) is 15.6 Å². The van der Waals surface area contributed by atoms with Gasteiger partial charge in [-0.2, -0.15) is 0 Å². The van der Waals surface area contributed by atoms with E-state index in [9.17, 15) is 18.0 Å². The first kappa shape index (κ1) is 20.5. The summed E-state index contributed by atoms with van der Waals surface area (Å²) in [5, 5.41) is 6.37. The summed E-state index contributed by atoms with van der Waals surface area (Å²) in [6, 6.07) is 7.94. The number of benzene rings is 2. The van der Waals surface area contributed by atoms with Gasteiger partial charge in [0.25, 0.3) is 0 Å². The Morgan fingerprint density at radius 1 is 1.13 bits per heavy atom. The van der Waals surface area contributed by atoms with Gasteiger partial charge in [-0.1, -0.05) is 0 Å². The lowest BCUT2D eigenvalue weighted by atomic mass is 9.70. The number of amides is 1. The highest BCUT2D eigenvalue weighted by atomic mass is 19.1. The topological polar surface area (TPSA) is 56.9 Å². The molecule has 1 aromatic heterocycles. The third kappa shape index (κ3) is 3.81. The molecule has 158 valence electrons. The van der Waals surface area contributed by atoms with Crippen molar-refractivity contribution in [3.05, 3.63) is 59.4 Å². The third-order valence-electron chi connectivity index (χ3n) is 5.99. The van der Waals surface area contributed by atoms with Gasteiger partial charge in [-0.3, -0.25) is 4.79 Å². The molecule has 7 heteroatoms. The molecule has 30 heavy (non-hydrogen) atoms. The van der Waals surface area contributed by atoms with E-state index in [1.165, 1.54) is 18.2 Å². The van der Waals surface area contributed by atoms with Crippen molar-refractivity contribution < 1.29 is 18.0 Å². The van der Waals surface area contributed by atoms with Crippen LogP contribution in [0.3, 0.4) is 0 Å². The van der Waals surface area contributed by atoms with Crippen molar-refractivity contribution >= 4 is 16.8 Å². The van der Waals surface area contributed by atoms with Gasteiger partial charge in [0.1, 0.15) is 17.5 Å². The summed E-state index contributed by atoms with van der Waals surface area (Å²) in [5.41, 5.74) is 2.56. The Balaban J connectivity index is 1.61. The number of carbonyl (C=O) groups excluding carboxylic acids is 1. The molecule has 0 radical (unpaired) electrons. The maximum absolute atomic E-state index is 14.4. The van der Waals surface area contributed by atoms with Crippen molar-refractivity contribution in [1.29, 1.82) is 0 Å². The van der Waals surface area contributed by atoms with E-state index in [-0.39, 0.29) is 29.2 Å². The normalized spacial score (nSPS) is 19.5. The second-order valence-corrected chi connectivity index (χ2v) is 8.01. The molecule has 2 aromatic carbocycles. The molecule has 1 aliphatic rings. The second kappa shape index (κ2) is 8.14. The minimum atomic E-state index is -0.642. The fourth-order valence-corrected chi connectivity index (χ4v) is 4.30. The Bertz CT molecular complexity index is 1070. The summed E-state index contributed by atoms with van der Waals surface area (Å²) in [7, 11) is 1.60. The van der Waals surface area contributed by atoms with Crippen LogP contribution < -0.4 is 10.6 Å². The Morgan fingerprint density at radius 3 is 2.50 bits per heavy atom. The van der Waals surface area contributed by atoms with Crippen LogP contribution in [-0.4, -0.2) is 30.5 Å². The average molecular weight is 415 g/mol. The van der Waals surface area contributed by atoms with Gasteiger partial charge in [-0.05, 0) is 79.6 Å². The SMILES string of the molecule is CNC(=O)C(C)NCC1CC(c2c(-c3ccc(F)cc3)[nH]c3c(F)cc(F)cc23)C1. The lowest BCUT2D eigenvalue weighted by molar-refractivity contribution is -0.122. The van der Waals surface area contributed by atoms with Gasteiger partial charge in [-0.25, -0.2) is 13.2 Å². The Hall–Kier alpha value is -2.80. The summed E-state index contributed by atoms with van der Waals surface area (Å²) < 4.78 is 41.8. The first-order valence-electron chi connectivity index (χ1n) is 10.1. The van der Waals surface area contributed by atoms with Gasteiger partial charge in [-0.15, -0.1) is 0 Å². The van der Waals surface area contributed by atoms with Crippen molar-refractivity contribution in [2.45, 2.75) is 31.7 Å². The highest BCUT2D eigenvalue weighted by Crippen LogP contribution is 2.48. The van der Waals surface area contributed by atoms with Crippen molar-refractivity contribution in [1.82, 2.24) is 15.6 Å². The number of hydrogen-bond donors (Lipinski definition) is 3.